The predicted octanol–water partition coefficient (Wildman–Crippen LogP) is 1.11. The van der Waals surface area contributed by atoms with Crippen LogP contribution < -0.4 is 15.1 Å². The standard InChI is InChI=1S/C14H26N6O/c1-5-19(6-2)12-16-11(15-4)17-13(18-12)20-9-7-8-14(3,21)10-20/h21H,5-10H2,1-4H3,(H,15,16,17,18). The molecule has 0 aliphatic carbocycles. The minimum atomic E-state index is -0.681. The maximum atomic E-state index is 10.3. The quantitative estimate of drug-likeness (QED) is 0.842. The van der Waals surface area contributed by atoms with E-state index < -0.39 is 5.60 Å². The van der Waals surface area contributed by atoms with Crippen molar-refractivity contribution in [2.45, 2.75) is 39.2 Å². The second-order valence-corrected chi connectivity index (χ2v) is 5.70. The molecule has 1 fully saturated rings. The Balaban J connectivity index is 2.32. The molecule has 1 unspecified atom stereocenters. The summed E-state index contributed by atoms with van der Waals surface area (Å²) >= 11 is 0. The predicted molar refractivity (Wildman–Crippen MR) is 85.0 cm³/mol. The molecule has 0 radical (unpaired) electrons. The van der Waals surface area contributed by atoms with Crippen LogP contribution in [0.4, 0.5) is 17.8 Å². The molecule has 0 aromatic carbocycles. The molecule has 2 heterocycles. The van der Waals surface area contributed by atoms with Crippen molar-refractivity contribution >= 4 is 17.8 Å². The Morgan fingerprint density at radius 3 is 2.57 bits per heavy atom. The molecule has 1 saturated heterocycles. The van der Waals surface area contributed by atoms with E-state index in [1.807, 2.05) is 11.8 Å². The van der Waals surface area contributed by atoms with E-state index >= 15 is 0 Å². The van der Waals surface area contributed by atoms with Crippen LogP contribution in [0.25, 0.3) is 0 Å². The van der Waals surface area contributed by atoms with Crippen molar-refractivity contribution in [1.29, 1.82) is 0 Å². The summed E-state index contributed by atoms with van der Waals surface area (Å²) in [6, 6.07) is 0. The monoisotopic (exact) mass is 294 g/mol. The number of nitrogens with one attached hydrogen (secondary N) is 1. The summed E-state index contributed by atoms with van der Waals surface area (Å²) in [4.78, 5) is 17.6. The van der Waals surface area contributed by atoms with Crippen LogP contribution in [0, 0.1) is 0 Å². The third-order valence-electron chi connectivity index (χ3n) is 3.84. The molecule has 2 N–H and O–H groups in total. The number of hydrogen-bond acceptors (Lipinski definition) is 7. The topological polar surface area (TPSA) is 77.4 Å². The first-order chi connectivity index (χ1) is 9.99. The van der Waals surface area contributed by atoms with E-state index in [9.17, 15) is 5.11 Å². The number of rotatable bonds is 5. The Kier molecular flexibility index (Phi) is 4.82. The Labute approximate surface area is 126 Å². The smallest absolute Gasteiger partial charge is 0.232 e. The maximum Gasteiger partial charge on any atom is 0.232 e. The van der Waals surface area contributed by atoms with Crippen molar-refractivity contribution in [3.8, 4) is 0 Å². The van der Waals surface area contributed by atoms with E-state index in [2.05, 4.69) is 39.0 Å². The molecule has 1 atom stereocenters. The van der Waals surface area contributed by atoms with Crippen LogP contribution in [-0.4, -0.2) is 58.9 Å². The third-order valence-corrected chi connectivity index (χ3v) is 3.84. The zero-order chi connectivity index (χ0) is 15.5. The fraction of sp³-hybridized carbons (Fsp3) is 0.786. The van der Waals surface area contributed by atoms with Gasteiger partial charge in [0.25, 0.3) is 0 Å². The van der Waals surface area contributed by atoms with Crippen molar-refractivity contribution in [1.82, 2.24) is 15.0 Å². The Morgan fingerprint density at radius 2 is 2.00 bits per heavy atom. The highest BCUT2D eigenvalue weighted by Gasteiger charge is 2.30. The first-order valence-corrected chi connectivity index (χ1v) is 7.65. The van der Waals surface area contributed by atoms with E-state index in [0.29, 0.717) is 24.4 Å². The van der Waals surface area contributed by atoms with Gasteiger partial charge in [-0.25, -0.2) is 0 Å². The van der Waals surface area contributed by atoms with Crippen molar-refractivity contribution in [2.75, 3.05) is 48.3 Å². The van der Waals surface area contributed by atoms with Gasteiger partial charge in [-0.1, -0.05) is 0 Å². The minimum absolute atomic E-state index is 0.553. The molecule has 0 amide bonds. The van der Waals surface area contributed by atoms with Crippen LogP contribution in [0.1, 0.15) is 33.6 Å². The zero-order valence-electron chi connectivity index (χ0n) is 13.4. The van der Waals surface area contributed by atoms with E-state index in [1.54, 1.807) is 7.05 Å². The van der Waals surface area contributed by atoms with Crippen LogP contribution >= 0.6 is 0 Å². The number of hydrogen-bond donors (Lipinski definition) is 2. The fourth-order valence-electron chi connectivity index (χ4n) is 2.65. The largest absolute Gasteiger partial charge is 0.388 e. The first kappa shape index (κ1) is 15.8. The average molecular weight is 294 g/mol. The Morgan fingerprint density at radius 1 is 1.29 bits per heavy atom. The number of aromatic nitrogens is 3. The molecule has 1 aromatic heterocycles. The number of β-amino-alcohol motifs (C(OH)–C–C–N with tert-alkyl or cyclic N) is 1. The van der Waals surface area contributed by atoms with Crippen molar-refractivity contribution in [2.24, 2.45) is 0 Å². The van der Waals surface area contributed by atoms with Crippen LogP contribution in [0.15, 0.2) is 0 Å². The SMILES string of the molecule is CCN(CC)c1nc(NC)nc(N2CCCC(C)(O)C2)n1. The highest BCUT2D eigenvalue weighted by molar-refractivity contribution is 5.45. The lowest BCUT2D eigenvalue weighted by molar-refractivity contribution is 0.0444. The lowest BCUT2D eigenvalue weighted by Crippen LogP contribution is -2.47. The van der Waals surface area contributed by atoms with Gasteiger partial charge in [-0.15, -0.1) is 0 Å². The normalized spacial score (nSPS) is 22.2. The molecule has 0 bridgehead atoms. The summed E-state index contributed by atoms with van der Waals surface area (Å²) in [5, 5.41) is 13.3. The Bertz CT molecular complexity index is 475. The molecular formula is C14H26N6O. The molecule has 2 rings (SSSR count). The highest BCUT2D eigenvalue weighted by atomic mass is 16.3. The van der Waals surface area contributed by atoms with Crippen molar-refractivity contribution in [3.63, 3.8) is 0 Å². The molecule has 1 aromatic rings. The van der Waals surface area contributed by atoms with Crippen molar-refractivity contribution < 1.29 is 5.11 Å². The Hall–Kier alpha value is -1.63. The van der Waals surface area contributed by atoms with Gasteiger partial charge in [0.2, 0.25) is 17.8 Å². The number of anilines is 3. The molecule has 21 heavy (non-hydrogen) atoms. The molecule has 1 aliphatic rings. The lowest BCUT2D eigenvalue weighted by atomic mass is 9.95. The molecule has 7 heteroatoms. The van der Waals surface area contributed by atoms with E-state index in [4.69, 9.17) is 0 Å². The lowest BCUT2D eigenvalue weighted by Gasteiger charge is -2.37. The molecule has 0 spiro atoms. The van der Waals surface area contributed by atoms with Gasteiger partial charge in [-0.05, 0) is 33.6 Å². The van der Waals surface area contributed by atoms with Crippen LogP contribution in [0.5, 0.6) is 0 Å². The number of piperidine rings is 1. The summed E-state index contributed by atoms with van der Waals surface area (Å²) in [6.07, 6.45) is 1.75. The van der Waals surface area contributed by atoms with Gasteiger partial charge in [0, 0.05) is 33.2 Å². The second kappa shape index (κ2) is 6.43. The van der Waals surface area contributed by atoms with Crippen molar-refractivity contribution in [3.05, 3.63) is 0 Å². The van der Waals surface area contributed by atoms with Gasteiger partial charge in [-0.2, -0.15) is 15.0 Å². The van der Waals surface area contributed by atoms with E-state index in [0.717, 1.165) is 32.5 Å². The summed E-state index contributed by atoms with van der Waals surface area (Å²) in [6.45, 7) is 9.14. The van der Waals surface area contributed by atoms with Crippen LogP contribution in [0.3, 0.4) is 0 Å². The number of nitrogens with zero attached hydrogens (tertiary/aromatic N) is 5. The minimum Gasteiger partial charge on any atom is -0.388 e. The van der Waals surface area contributed by atoms with Gasteiger partial charge in [0.1, 0.15) is 0 Å². The molecule has 1 aliphatic heterocycles. The summed E-state index contributed by atoms with van der Waals surface area (Å²) in [7, 11) is 1.80. The highest BCUT2D eigenvalue weighted by Crippen LogP contribution is 2.25. The summed E-state index contributed by atoms with van der Waals surface area (Å²) < 4.78 is 0. The summed E-state index contributed by atoms with van der Waals surface area (Å²) in [5.41, 5.74) is -0.681. The molecule has 7 nitrogen and oxygen atoms in total. The molecule has 0 saturated carbocycles. The zero-order valence-corrected chi connectivity index (χ0v) is 13.4. The van der Waals surface area contributed by atoms with Gasteiger partial charge in [-0.3, -0.25) is 0 Å². The maximum absolute atomic E-state index is 10.3. The average Bonchev–Trinajstić information content (AvgIpc) is 2.47. The first-order valence-electron chi connectivity index (χ1n) is 7.65. The van der Waals surface area contributed by atoms with Crippen LogP contribution in [0.2, 0.25) is 0 Å². The fourth-order valence-corrected chi connectivity index (χ4v) is 2.65. The van der Waals surface area contributed by atoms with Gasteiger partial charge in [0.15, 0.2) is 0 Å². The van der Waals surface area contributed by atoms with Gasteiger partial charge < -0.3 is 20.2 Å². The molecular weight excluding hydrogens is 268 g/mol. The summed E-state index contributed by atoms with van der Waals surface area (Å²) in [5.74, 6) is 1.88. The second-order valence-electron chi connectivity index (χ2n) is 5.70. The van der Waals surface area contributed by atoms with E-state index in [-0.39, 0.29) is 0 Å². The van der Waals surface area contributed by atoms with Gasteiger partial charge in [0.05, 0.1) is 5.60 Å². The third kappa shape index (κ3) is 3.72. The van der Waals surface area contributed by atoms with Gasteiger partial charge >= 0.3 is 0 Å². The molecule has 118 valence electrons. The number of aliphatic hydroxyl groups is 1. The van der Waals surface area contributed by atoms with E-state index in [1.165, 1.54) is 0 Å². The van der Waals surface area contributed by atoms with Crippen LogP contribution in [-0.2, 0) is 0 Å².